The number of hydrogen-bond acceptors (Lipinski definition) is 1. The van der Waals surface area contributed by atoms with E-state index < -0.39 is 0 Å². The van der Waals surface area contributed by atoms with Crippen molar-refractivity contribution in [1.82, 2.24) is 4.98 Å². The number of benzene rings is 1. The van der Waals surface area contributed by atoms with Gasteiger partial charge in [0.25, 0.3) is 0 Å². The summed E-state index contributed by atoms with van der Waals surface area (Å²) < 4.78 is 0. The van der Waals surface area contributed by atoms with Crippen LogP contribution in [0.4, 0.5) is 0 Å². The molecule has 2 nitrogen and oxygen atoms in total. The molecule has 0 fully saturated rings. The minimum Gasteiger partial charge on any atom is -0.361 e. The zero-order valence-corrected chi connectivity index (χ0v) is 8.32. The van der Waals surface area contributed by atoms with Gasteiger partial charge in [0.05, 0.1) is 0 Å². The first kappa shape index (κ1) is 12.0. The van der Waals surface area contributed by atoms with Crippen LogP contribution in [0.3, 0.4) is 0 Å². The lowest BCUT2D eigenvalue weighted by Crippen LogP contribution is -2.03. The lowest BCUT2D eigenvalue weighted by Gasteiger charge is -2.00. The highest BCUT2D eigenvalue weighted by Crippen LogP contribution is 2.11. The van der Waals surface area contributed by atoms with Crippen LogP contribution in [-0.2, 0) is 0 Å². The van der Waals surface area contributed by atoms with E-state index in [9.17, 15) is 4.79 Å². The van der Waals surface area contributed by atoms with E-state index >= 15 is 0 Å². The average Bonchev–Trinajstić information content (AvgIpc) is 2.06. The molecular weight excluding hydrogens is 209 g/mol. The Labute approximate surface area is 88.2 Å². The van der Waals surface area contributed by atoms with Gasteiger partial charge in [0.1, 0.15) is 0 Å². The standard InChI is InChI=1S/C9H7NO.2ClH/c11-9-5-1-4-8-7(9)3-2-6-10-8;;/h1-6,10H;2*1H. The summed E-state index contributed by atoms with van der Waals surface area (Å²) in [5.74, 6) is 0. The highest BCUT2D eigenvalue weighted by molar-refractivity contribution is 5.85. The maximum Gasteiger partial charge on any atom is 0.187 e. The Bertz CT molecular complexity index is 399. The van der Waals surface area contributed by atoms with Crippen molar-refractivity contribution < 1.29 is 0 Å². The summed E-state index contributed by atoms with van der Waals surface area (Å²) in [6.07, 6.45) is 1.81. The summed E-state index contributed by atoms with van der Waals surface area (Å²) in [7, 11) is 0. The maximum absolute atomic E-state index is 11.2. The largest absolute Gasteiger partial charge is 0.361 e. The first-order valence-corrected chi connectivity index (χ1v) is 3.44. The number of hydrogen-bond donors (Lipinski definition) is 1. The number of halogens is 2. The van der Waals surface area contributed by atoms with Crippen molar-refractivity contribution in [3.63, 3.8) is 0 Å². The third-order valence-electron chi connectivity index (χ3n) is 1.66. The summed E-state index contributed by atoms with van der Waals surface area (Å²) in [5, 5.41) is 0. The van der Waals surface area contributed by atoms with E-state index in [1.165, 1.54) is 0 Å². The molecule has 2 rings (SSSR count). The van der Waals surface area contributed by atoms with E-state index in [0.29, 0.717) is 0 Å². The highest BCUT2D eigenvalue weighted by atomic mass is 35.5. The van der Waals surface area contributed by atoms with Crippen molar-refractivity contribution in [2.24, 2.45) is 0 Å². The summed E-state index contributed by atoms with van der Waals surface area (Å²) in [6.45, 7) is 0. The highest BCUT2D eigenvalue weighted by Gasteiger charge is 2.01. The molecule has 0 spiro atoms. The summed E-state index contributed by atoms with van der Waals surface area (Å²) in [5.41, 5.74) is 1.70. The number of aromatic nitrogens is 1. The molecule has 0 amide bonds. The van der Waals surface area contributed by atoms with Crippen LogP contribution in [0.1, 0.15) is 0 Å². The summed E-state index contributed by atoms with van der Waals surface area (Å²) >= 11 is 0. The van der Waals surface area contributed by atoms with Gasteiger partial charge in [-0.25, -0.2) is 0 Å². The molecule has 0 unspecified atom stereocenters. The van der Waals surface area contributed by atoms with Crippen LogP contribution < -0.4 is 5.43 Å². The average molecular weight is 218 g/mol. The van der Waals surface area contributed by atoms with Gasteiger partial charge in [-0.1, -0.05) is 6.07 Å². The topological polar surface area (TPSA) is 32.9 Å². The van der Waals surface area contributed by atoms with Gasteiger partial charge in [-0.2, -0.15) is 0 Å². The maximum atomic E-state index is 11.2. The fourth-order valence-electron chi connectivity index (χ4n) is 1.12. The zero-order chi connectivity index (χ0) is 7.68. The van der Waals surface area contributed by atoms with Crippen molar-refractivity contribution >= 4 is 24.8 Å². The molecule has 4 heteroatoms. The lowest BCUT2D eigenvalue weighted by atomic mass is 10.1. The first-order valence-electron chi connectivity index (χ1n) is 3.44. The van der Waals surface area contributed by atoms with E-state index in [0.717, 1.165) is 11.3 Å². The van der Waals surface area contributed by atoms with Gasteiger partial charge >= 0.3 is 0 Å². The molecule has 13 heavy (non-hydrogen) atoms. The van der Waals surface area contributed by atoms with E-state index in [-0.39, 0.29) is 30.2 Å². The predicted molar refractivity (Wildman–Crippen MR) is 58.2 cm³/mol. The van der Waals surface area contributed by atoms with Crippen LogP contribution in [0, 0.1) is 0 Å². The van der Waals surface area contributed by atoms with E-state index in [1.54, 1.807) is 12.1 Å². The van der Waals surface area contributed by atoms with Crippen molar-refractivity contribution in [2.75, 3.05) is 0 Å². The van der Waals surface area contributed by atoms with E-state index in [4.69, 9.17) is 0 Å². The van der Waals surface area contributed by atoms with Crippen molar-refractivity contribution in [3.05, 3.63) is 46.8 Å². The first-order chi connectivity index (χ1) is 5.38. The van der Waals surface area contributed by atoms with Crippen molar-refractivity contribution in [3.8, 4) is 11.3 Å². The van der Waals surface area contributed by atoms with Crippen LogP contribution >= 0.6 is 24.8 Å². The minimum atomic E-state index is 0. The molecule has 1 aliphatic heterocycles. The summed E-state index contributed by atoms with van der Waals surface area (Å²) in [4.78, 5) is 14.2. The second-order valence-electron chi connectivity index (χ2n) is 2.39. The fourth-order valence-corrected chi connectivity index (χ4v) is 1.12. The molecule has 1 N–H and O–H groups in total. The Hall–Kier alpha value is -0.990. The normalized spacial score (nSPS) is 8.62. The third kappa shape index (κ3) is 2.23. The Balaban J connectivity index is 0.000000720. The number of nitrogens with one attached hydrogen (secondary N) is 1. The van der Waals surface area contributed by atoms with Crippen LogP contribution in [-0.4, -0.2) is 4.98 Å². The predicted octanol–water partition coefficient (Wildman–Crippen LogP) is 2.32. The molecule has 0 bridgehead atoms. The molecule has 70 valence electrons. The van der Waals surface area contributed by atoms with Gasteiger partial charge < -0.3 is 4.98 Å². The molecule has 1 aliphatic carbocycles. The second kappa shape index (κ2) is 4.90. The van der Waals surface area contributed by atoms with Crippen LogP contribution in [0.15, 0.2) is 41.3 Å². The molecule has 0 aromatic heterocycles. The molecular formula is C9H9Cl2NO. The third-order valence-corrected chi connectivity index (χ3v) is 1.66. The molecule has 0 radical (unpaired) electrons. The lowest BCUT2D eigenvalue weighted by molar-refractivity contribution is 1.30. The number of aromatic amines is 1. The number of rotatable bonds is 0. The zero-order valence-electron chi connectivity index (χ0n) is 6.69. The minimum absolute atomic E-state index is 0. The van der Waals surface area contributed by atoms with Gasteiger partial charge in [0.2, 0.25) is 0 Å². The molecule has 0 aromatic carbocycles. The SMILES string of the molecule is Cl.Cl.O=c1cccc2[nH]cccc1-2. The number of H-pyrrole nitrogens is 1. The van der Waals surface area contributed by atoms with E-state index in [1.807, 2.05) is 24.4 Å². The van der Waals surface area contributed by atoms with Crippen LogP contribution in [0.2, 0.25) is 0 Å². The molecule has 1 heterocycles. The van der Waals surface area contributed by atoms with E-state index in [2.05, 4.69) is 4.98 Å². The quantitative estimate of drug-likeness (QED) is 0.723. The summed E-state index contributed by atoms with van der Waals surface area (Å²) in [6, 6.07) is 8.84. The fraction of sp³-hybridized carbons (Fsp3) is 0. The van der Waals surface area contributed by atoms with Crippen molar-refractivity contribution in [1.29, 1.82) is 0 Å². The molecule has 0 aromatic rings. The molecule has 0 saturated heterocycles. The van der Waals surface area contributed by atoms with Crippen molar-refractivity contribution in [2.45, 2.75) is 0 Å². The monoisotopic (exact) mass is 217 g/mol. The Morgan fingerprint density at radius 1 is 1.00 bits per heavy atom. The number of pyridine rings is 1. The molecule has 0 atom stereocenters. The van der Waals surface area contributed by atoms with Crippen LogP contribution in [0.5, 0.6) is 0 Å². The van der Waals surface area contributed by atoms with Crippen LogP contribution in [0.25, 0.3) is 11.3 Å². The second-order valence-corrected chi connectivity index (χ2v) is 2.39. The van der Waals surface area contributed by atoms with Gasteiger partial charge in [0, 0.05) is 17.5 Å². The Kier molecular flexibility index (Phi) is 4.52. The van der Waals surface area contributed by atoms with Gasteiger partial charge in [-0.15, -0.1) is 24.8 Å². The number of fused-ring (bicyclic) bond motifs is 1. The Morgan fingerprint density at radius 2 is 1.77 bits per heavy atom. The van der Waals surface area contributed by atoms with Gasteiger partial charge in [-0.05, 0) is 24.3 Å². The van der Waals surface area contributed by atoms with Gasteiger partial charge in [-0.3, -0.25) is 4.79 Å². The molecule has 0 saturated carbocycles. The Morgan fingerprint density at radius 3 is 2.46 bits per heavy atom. The smallest absolute Gasteiger partial charge is 0.187 e. The van der Waals surface area contributed by atoms with Gasteiger partial charge in [0.15, 0.2) is 5.43 Å². The molecule has 2 aliphatic rings.